The lowest BCUT2D eigenvalue weighted by Gasteiger charge is -1.79. The molecule has 0 atom stereocenters. The van der Waals surface area contributed by atoms with Crippen molar-refractivity contribution >= 4 is 12.0 Å². The quantitative estimate of drug-likeness (QED) is 0.514. The van der Waals surface area contributed by atoms with Crippen LogP contribution in [0.25, 0.3) is 0 Å². The van der Waals surface area contributed by atoms with E-state index in [1.54, 1.807) is 12.4 Å². The normalized spacial score (nSPS) is 9.00. The second-order valence-electron chi connectivity index (χ2n) is 1.48. The van der Waals surface area contributed by atoms with Gasteiger partial charge >= 0.3 is 0 Å². The molecule has 3 heteroatoms. The number of nitrogen functional groups attached to an aromatic ring is 1. The van der Waals surface area contributed by atoms with Crippen molar-refractivity contribution in [2.45, 2.75) is 0 Å². The fourth-order valence-corrected chi connectivity index (χ4v) is 0.490. The molecule has 0 fully saturated rings. The van der Waals surface area contributed by atoms with Crippen molar-refractivity contribution in [1.29, 1.82) is 0 Å². The SMILES string of the molecule is Nc1c[nH]cc1C=O. The van der Waals surface area contributed by atoms with Gasteiger partial charge in [0.25, 0.3) is 0 Å². The molecule has 0 aliphatic carbocycles. The predicted octanol–water partition coefficient (Wildman–Crippen LogP) is 0.409. The molecule has 0 unspecified atom stereocenters. The standard InChI is InChI=1S/C5H6N2O/c6-5-2-7-1-4(5)3-8/h1-3,7H,6H2. The van der Waals surface area contributed by atoms with E-state index in [4.69, 9.17) is 5.73 Å². The summed E-state index contributed by atoms with van der Waals surface area (Å²) in [5.74, 6) is 0. The number of rotatable bonds is 1. The Balaban J connectivity index is 3.09. The van der Waals surface area contributed by atoms with Crippen molar-refractivity contribution in [3.63, 3.8) is 0 Å². The summed E-state index contributed by atoms with van der Waals surface area (Å²) < 4.78 is 0. The molecule has 1 aromatic heterocycles. The zero-order chi connectivity index (χ0) is 5.98. The summed E-state index contributed by atoms with van der Waals surface area (Å²) in [5.41, 5.74) is 6.31. The number of hydrogen-bond acceptors (Lipinski definition) is 2. The Morgan fingerprint density at radius 1 is 1.62 bits per heavy atom. The number of aldehydes is 1. The fraction of sp³-hybridized carbons (Fsp3) is 0. The van der Waals surface area contributed by atoms with Crippen LogP contribution in [0.3, 0.4) is 0 Å². The fourth-order valence-electron chi connectivity index (χ4n) is 0.490. The van der Waals surface area contributed by atoms with E-state index in [9.17, 15) is 4.79 Å². The number of hydrogen-bond donors (Lipinski definition) is 2. The van der Waals surface area contributed by atoms with Crippen LogP contribution < -0.4 is 5.73 Å². The van der Waals surface area contributed by atoms with Gasteiger partial charge in [-0.2, -0.15) is 0 Å². The van der Waals surface area contributed by atoms with Crippen LogP contribution >= 0.6 is 0 Å². The van der Waals surface area contributed by atoms with E-state index in [1.165, 1.54) is 0 Å². The Hall–Kier alpha value is -1.25. The van der Waals surface area contributed by atoms with Gasteiger partial charge in [-0.05, 0) is 0 Å². The van der Waals surface area contributed by atoms with Crippen LogP contribution in [-0.4, -0.2) is 11.3 Å². The number of nitrogens with one attached hydrogen (secondary N) is 1. The van der Waals surface area contributed by atoms with Crippen LogP contribution in [0.2, 0.25) is 0 Å². The minimum Gasteiger partial charge on any atom is -0.397 e. The Labute approximate surface area is 46.5 Å². The van der Waals surface area contributed by atoms with E-state index in [1.807, 2.05) is 0 Å². The first-order chi connectivity index (χ1) is 3.84. The monoisotopic (exact) mass is 110 g/mol. The van der Waals surface area contributed by atoms with Crippen LogP contribution in [0.15, 0.2) is 12.4 Å². The van der Waals surface area contributed by atoms with Crippen molar-refractivity contribution in [3.05, 3.63) is 18.0 Å². The zero-order valence-corrected chi connectivity index (χ0v) is 4.22. The number of aromatic nitrogens is 1. The third-order valence-electron chi connectivity index (χ3n) is 0.938. The molecule has 3 nitrogen and oxygen atoms in total. The lowest BCUT2D eigenvalue weighted by Crippen LogP contribution is -1.84. The third-order valence-corrected chi connectivity index (χ3v) is 0.938. The lowest BCUT2D eigenvalue weighted by molar-refractivity contribution is 0.112. The van der Waals surface area contributed by atoms with E-state index >= 15 is 0 Å². The molecule has 0 saturated heterocycles. The topological polar surface area (TPSA) is 58.9 Å². The first-order valence-corrected chi connectivity index (χ1v) is 2.22. The average Bonchev–Trinajstić information content (AvgIpc) is 2.14. The van der Waals surface area contributed by atoms with Crippen molar-refractivity contribution in [2.75, 3.05) is 5.73 Å². The zero-order valence-electron chi connectivity index (χ0n) is 4.22. The Morgan fingerprint density at radius 2 is 2.38 bits per heavy atom. The molecule has 42 valence electrons. The number of carbonyl (C=O) groups excluding carboxylic acids is 1. The van der Waals surface area contributed by atoms with Gasteiger partial charge in [-0.3, -0.25) is 4.79 Å². The molecule has 0 aliphatic rings. The predicted molar refractivity (Wildman–Crippen MR) is 30.6 cm³/mol. The molecule has 1 aromatic rings. The molecule has 0 spiro atoms. The Bertz CT molecular complexity index is 192. The van der Waals surface area contributed by atoms with Gasteiger partial charge in [0, 0.05) is 12.4 Å². The first kappa shape index (κ1) is 4.90. The van der Waals surface area contributed by atoms with Gasteiger partial charge in [-0.25, -0.2) is 0 Å². The number of aromatic amines is 1. The summed E-state index contributed by atoms with van der Waals surface area (Å²) in [5, 5.41) is 0. The van der Waals surface area contributed by atoms with Crippen LogP contribution in [0.5, 0.6) is 0 Å². The summed E-state index contributed by atoms with van der Waals surface area (Å²) >= 11 is 0. The van der Waals surface area contributed by atoms with Crippen LogP contribution in [0.4, 0.5) is 5.69 Å². The van der Waals surface area contributed by atoms with Crippen LogP contribution in [-0.2, 0) is 0 Å². The van der Waals surface area contributed by atoms with Gasteiger partial charge in [-0.15, -0.1) is 0 Å². The van der Waals surface area contributed by atoms with Gasteiger partial charge in [0.2, 0.25) is 0 Å². The smallest absolute Gasteiger partial charge is 0.153 e. The van der Waals surface area contributed by atoms with Gasteiger partial charge in [0.15, 0.2) is 6.29 Å². The second-order valence-corrected chi connectivity index (χ2v) is 1.48. The summed E-state index contributed by atoms with van der Waals surface area (Å²) in [6.07, 6.45) is 3.85. The molecule has 0 amide bonds. The number of anilines is 1. The highest BCUT2D eigenvalue weighted by molar-refractivity contribution is 5.82. The van der Waals surface area contributed by atoms with E-state index in [0.717, 1.165) is 0 Å². The van der Waals surface area contributed by atoms with Gasteiger partial charge in [0.05, 0.1) is 11.3 Å². The molecule has 0 bridgehead atoms. The number of nitrogens with two attached hydrogens (primary N) is 1. The maximum absolute atomic E-state index is 9.99. The van der Waals surface area contributed by atoms with Gasteiger partial charge < -0.3 is 10.7 Å². The largest absolute Gasteiger partial charge is 0.397 e. The first-order valence-electron chi connectivity index (χ1n) is 2.22. The van der Waals surface area contributed by atoms with Crippen molar-refractivity contribution in [3.8, 4) is 0 Å². The molecule has 0 aliphatic heterocycles. The van der Waals surface area contributed by atoms with Gasteiger partial charge in [0.1, 0.15) is 0 Å². The molecular weight excluding hydrogens is 104 g/mol. The Kier molecular flexibility index (Phi) is 1.04. The highest BCUT2D eigenvalue weighted by atomic mass is 16.1. The van der Waals surface area contributed by atoms with Crippen molar-refractivity contribution in [1.82, 2.24) is 4.98 Å². The maximum atomic E-state index is 9.99. The highest BCUT2D eigenvalue weighted by Crippen LogP contribution is 2.04. The summed E-state index contributed by atoms with van der Waals surface area (Å²) in [6.45, 7) is 0. The molecule has 0 aromatic carbocycles. The Morgan fingerprint density at radius 3 is 2.62 bits per heavy atom. The lowest BCUT2D eigenvalue weighted by atomic mass is 10.3. The number of carbonyl (C=O) groups is 1. The number of H-pyrrole nitrogens is 1. The molecule has 1 heterocycles. The summed E-state index contributed by atoms with van der Waals surface area (Å²) in [4.78, 5) is 12.7. The molecule has 8 heavy (non-hydrogen) atoms. The van der Waals surface area contributed by atoms with Crippen molar-refractivity contribution < 1.29 is 4.79 Å². The second kappa shape index (κ2) is 1.69. The molecule has 1 rings (SSSR count). The highest BCUT2D eigenvalue weighted by Gasteiger charge is 1.93. The van der Waals surface area contributed by atoms with E-state index in [0.29, 0.717) is 17.5 Å². The summed E-state index contributed by atoms with van der Waals surface area (Å²) in [7, 11) is 0. The van der Waals surface area contributed by atoms with E-state index < -0.39 is 0 Å². The maximum Gasteiger partial charge on any atom is 0.153 e. The van der Waals surface area contributed by atoms with Crippen molar-refractivity contribution in [2.24, 2.45) is 0 Å². The van der Waals surface area contributed by atoms with E-state index in [2.05, 4.69) is 4.98 Å². The van der Waals surface area contributed by atoms with Gasteiger partial charge in [-0.1, -0.05) is 0 Å². The molecule has 0 saturated carbocycles. The minimum absolute atomic E-state index is 0.500. The molecule has 3 N–H and O–H groups in total. The molecule has 0 radical (unpaired) electrons. The average molecular weight is 110 g/mol. The molecular formula is C5H6N2O. The third kappa shape index (κ3) is 0.578. The minimum atomic E-state index is 0.500. The van der Waals surface area contributed by atoms with Crippen LogP contribution in [0.1, 0.15) is 10.4 Å². The van der Waals surface area contributed by atoms with E-state index in [-0.39, 0.29) is 0 Å². The van der Waals surface area contributed by atoms with Crippen LogP contribution in [0, 0.1) is 0 Å². The summed E-state index contributed by atoms with van der Waals surface area (Å²) in [6, 6.07) is 0.